The Hall–Kier alpha value is -1.28. The van der Waals surface area contributed by atoms with Crippen LogP contribution >= 0.6 is 15.9 Å². The Balaban J connectivity index is 2.17. The van der Waals surface area contributed by atoms with Crippen molar-refractivity contribution in [1.82, 2.24) is 5.32 Å². The Morgan fingerprint density at radius 2 is 2.14 bits per heavy atom. The predicted octanol–water partition coefficient (Wildman–Crippen LogP) is 3.14. The monoisotopic (exact) mass is 366 g/mol. The second-order valence-electron chi connectivity index (χ2n) is 4.92. The Morgan fingerprint density at radius 3 is 2.71 bits per heavy atom. The zero-order valence-corrected chi connectivity index (χ0v) is 12.7. The van der Waals surface area contributed by atoms with E-state index >= 15 is 0 Å². The van der Waals surface area contributed by atoms with Gasteiger partial charge in [0.25, 0.3) is 0 Å². The molecule has 116 valence electrons. The summed E-state index contributed by atoms with van der Waals surface area (Å²) in [5, 5.41) is 5.58. The van der Waals surface area contributed by atoms with Crippen molar-refractivity contribution in [1.29, 1.82) is 0 Å². The molecule has 8 heteroatoms. The molecule has 1 aromatic rings. The summed E-state index contributed by atoms with van der Waals surface area (Å²) in [5.41, 5.74) is -0.000347. The van der Waals surface area contributed by atoms with Crippen LogP contribution in [0.1, 0.15) is 6.92 Å². The third-order valence-corrected chi connectivity index (χ3v) is 3.77. The van der Waals surface area contributed by atoms with Crippen LogP contribution in [-0.4, -0.2) is 25.4 Å². The van der Waals surface area contributed by atoms with Gasteiger partial charge in [-0.2, -0.15) is 0 Å². The normalized spacial score (nSPS) is 22.1. The maximum absolute atomic E-state index is 12.4. The molecule has 0 radical (unpaired) electrons. The number of hydrogen-bond acceptors (Lipinski definition) is 3. The summed E-state index contributed by atoms with van der Waals surface area (Å²) in [7, 11) is 0. The van der Waals surface area contributed by atoms with Crippen LogP contribution in [0.5, 0.6) is 5.75 Å². The van der Waals surface area contributed by atoms with Crippen LogP contribution in [0, 0.1) is 11.8 Å². The molecule has 1 amide bonds. The van der Waals surface area contributed by atoms with Crippen LogP contribution in [0.15, 0.2) is 22.7 Å². The zero-order valence-electron chi connectivity index (χ0n) is 11.1. The lowest BCUT2D eigenvalue weighted by molar-refractivity contribution is -0.274. The molecule has 0 aromatic heterocycles. The summed E-state index contributed by atoms with van der Waals surface area (Å²) in [6, 6.07) is 4.07. The number of carbonyl (C=O) groups is 1. The van der Waals surface area contributed by atoms with Crippen LogP contribution in [0.4, 0.5) is 18.9 Å². The largest absolute Gasteiger partial charge is 0.573 e. The molecule has 1 aliphatic rings. The number of rotatable bonds is 3. The van der Waals surface area contributed by atoms with Gasteiger partial charge in [-0.15, -0.1) is 13.2 Å². The van der Waals surface area contributed by atoms with Gasteiger partial charge in [0.05, 0.1) is 11.6 Å². The highest BCUT2D eigenvalue weighted by Gasteiger charge is 2.34. The van der Waals surface area contributed by atoms with E-state index in [0.29, 0.717) is 17.6 Å². The average molecular weight is 367 g/mol. The standard InChI is InChI=1S/C13H14BrF3N2O2/c1-7-5-18-6-9(7)12(20)19-10-3-2-8(14)4-11(10)21-13(15,16)17/h2-4,7,9,18H,5-6H2,1H3,(H,19,20)/t7-,9-/m1/s1. The third kappa shape index (κ3) is 4.34. The van der Waals surface area contributed by atoms with Crippen molar-refractivity contribution in [3.05, 3.63) is 22.7 Å². The minimum absolute atomic E-state index is 0.000347. The molecule has 0 bridgehead atoms. The molecule has 2 rings (SSSR count). The quantitative estimate of drug-likeness (QED) is 0.863. The smallest absolute Gasteiger partial charge is 0.404 e. The fourth-order valence-corrected chi connectivity index (χ4v) is 2.54. The number of alkyl halides is 3. The molecule has 0 saturated carbocycles. The van der Waals surface area contributed by atoms with Crippen molar-refractivity contribution >= 4 is 27.5 Å². The lowest BCUT2D eigenvalue weighted by Gasteiger charge is -2.17. The van der Waals surface area contributed by atoms with Crippen LogP contribution in [-0.2, 0) is 4.79 Å². The zero-order chi connectivity index (χ0) is 15.6. The molecule has 1 aliphatic heterocycles. The van der Waals surface area contributed by atoms with Crippen LogP contribution in [0.3, 0.4) is 0 Å². The molecule has 1 fully saturated rings. The molecule has 2 N–H and O–H groups in total. The third-order valence-electron chi connectivity index (χ3n) is 3.28. The van der Waals surface area contributed by atoms with Crippen LogP contribution in [0.2, 0.25) is 0 Å². The first-order chi connectivity index (χ1) is 9.76. The fraction of sp³-hybridized carbons (Fsp3) is 0.462. The summed E-state index contributed by atoms with van der Waals surface area (Å²) >= 11 is 3.08. The first kappa shape index (κ1) is 16.1. The molecular formula is C13H14BrF3N2O2. The molecular weight excluding hydrogens is 353 g/mol. The fourth-order valence-electron chi connectivity index (χ4n) is 2.20. The second-order valence-corrected chi connectivity index (χ2v) is 5.84. The number of hydrogen-bond donors (Lipinski definition) is 2. The summed E-state index contributed by atoms with van der Waals surface area (Å²) in [5.74, 6) is -0.898. The maximum atomic E-state index is 12.4. The van der Waals surface area contributed by atoms with E-state index < -0.39 is 12.1 Å². The van der Waals surface area contributed by atoms with E-state index in [4.69, 9.17) is 0 Å². The number of benzene rings is 1. The molecule has 21 heavy (non-hydrogen) atoms. The maximum Gasteiger partial charge on any atom is 0.573 e. The molecule has 2 atom stereocenters. The number of carbonyl (C=O) groups excluding carboxylic acids is 1. The molecule has 4 nitrogen and oxygen atoms in total. The van der Waals surface area contributed by atoms with Crippen molar-refractivity contribution in [3.8, 4) is 5.75 Å². The predicted molar refractivity (Wildman–Crippen MR) is 75.0 cm³/mol. The summed E-state index contributed by atoms with van der Waals surface area (Å²) in [6.45, 7) is 3.14. The molecule has 0 aliphatic carbocycles. The Bertz CT molecular complexity index is 537. The van der Waals surface area contributed by atoms with E-state index in [9.17, 15) is 18.0 Å². The van der Waals surface area contributed by atoms with Crippen LogP contribution < -0.4 is 15.4 Å². The Kier molecular flexibility index (Phi) is 4.77. The topological polar surface area (TPSA) is 50.4 Å². The number of anilines is 1. The minimum Gasteiger partial charge on any atom is -0.404 e. The highest BCUT2D eigenvalue weighted by atomic mass is 79.9. The number of halogens is 4. The summed E-state index contributed by atoms with van der Waals surface area (Å²) in [6.07, 6.45) is -4.82. The van der Waals surface area contributed by atoms with Crippen molar-refractivity contribution in [3.63, 3.8) is 0 Å². The van der Waals surface area contributed by atoms with E-state index in [1.54, 1.807) is 0 Å². The lowest BCUT2D eigenvalue weighted by Crippen LogP contribution is -2.28. The number of nitrogens with one attached hydrogen (secondary N) is 2. The second kappa shape index (κ2) is 6.23. The summed E-state index contributed by atoms with van der Waals surface area (Å²) in [4.78, 5) is 12.1. The molecule has 0 spiro atoms. The van der Waals surface area contributed by atoms with Gasteiger partial charge in [0.2, 0.25) is 5.91 Å². The van der Waals surface area contributed by atoms with E-state index in [-0.39, 0.29) is 23.4 Å². The van der Waals surface area contributed by atoms with Gasteiger partial charge in [0, 0.05) is 11.0 Å². The van der Waals surface area contributed by atoms with Gasteiger partial charge in [-0.1, -0.05) is 22.9 Å². The molecule has 0 unspecified atom stereocenters. The molecule has 1 saturated heterocycles. The minimum atomic E-state index is -4.82. The van der Waals surface area contributed by atoms with Crippen molar-refractivity contribution < 1.29 is 22.7 Å². The van der Waals surface area contributed by atoms with Gasteiger partial charge >= 0.3 is 6.36 Å². The summed E-state index contributed by atoms with van der Waals surface area (Å²) < 4.78 is 41.5. The van der Waals surface area contributed by atoms with Gasteiger partial charge in [-0.3, -0.25) is 4.79 Å². The Labute approximate surface area is 128 Å². The number of ether oxygens (including phenoxy) is 1. The van der Waals surface area contributed by atoms with Crippen molar-refractivity contribution in [2.75, 3.05) is 18.4 Å². The SMILES string of the molecule is C[C@@H]1CNC[C@H]1C(=O)Nc1ccc(Br)cc1OC(F)(F)F. The first-order valence-electron chi connectivity index (χ1n) is 6.33. The van der Waals surface area contributed by atoms with Gasteiger partial charge in [-0.25, -0.2) is 0 Å². The van der Waals surface area contributed by atoms with Crippen LogP contribution in [0.25, 0.3) is 0 Å². The molecule has 1 heterocycles. The number of amides is 1. The van der Waals surface area contributed by atoms with Gasteiger partial charge in [0.15, 0.2) is 5.75 Å². The average Bonchev–Trinajstić information content (AvgIpc) is 2.77. The Morgan fingerprint density at radius 1 is 1.43 bits per heavy atom. The molecule has 1 aromatic carbocycles. The highest BCUT2D eigenvalue weighted by Crippen LogP contribution is 2.33. The van der Waals surface area contributed by atoms with Gasteiger partial charge < -0.3 is 15.4 Å². The van der Waals surface area contributed by atoms with E-state index in [2.05, 4.69) is 31.3 Å². The van der Waals surface area contributed by atoms with E-state index in [1.807, 2.05) is 6.92 Å². The van der Waals surface area contributed by atoms with Crippen molar-refractivity contribution in [2.24, 2.45) is 11.8 Å². The van der Waals surface area contributed by atoms with E-state index in [1.165, 1.54) is 18.2 Å². The lowest BCUT2D eigenvalue weighted by atomic mass is 9.97. The van der Waals surface area contributed by atoms with Crippen molar-refractivity contribution in [2.45, 2.75) is 13.3 Å². The van der Waals surface area contributed by atoms with Gasteiger partial charge in [-0.05, 0) is 30.7 Å². The highest BCUT2D eigenvalue weighted by molar-refractivity contribution is 9.10. The van der Waals surface area contributed by atoms with E-state index in [0.717, 1.165) is 0 Å². The van der Waals surface area contributed by atoms with Gasteiger partial charge in [0.1, 0.15) is 0 Å². The first-order valence-corrected chi connectivity index (χ1v) is 7.12.